The lowest BCUT2D eigenvalue weighted by Gasteiger charge is -2.05. The number of nitrogens with zero attached hydrogens (tertiary/aromatic N) is 4. The SMILES string of the molecule is CO.Cc1c(Cl)c(C)[n+](O)c(Cl)c1-c1noc(-c2cc(O)c(O)c([N+](=O)[O-])c2)n1. The van der Waals surface area contributed by atoms with Gasteiger partial charge in [0.25, 0.3) is 11.6 Å². The fraction of sp³-hybridized carbons (Fsp3) is 0.188. The molecule has 13 heteroatoms. The van der Waals surface area contributed by atoms with Crippen LogP contribution in [0.3, 0.4) is 0 Å². The first-order valence-electron chi connectivity index (χ1n) is 7.72. The van der Waals surface area contributed by atoms with Crippen molar-refractivity contribution < 1.29 is 34.7 Å². The highest BCUT2D eigenvalue weighted by Gasteiger charge is 2.30. The molecule has 0 saturated heterocycles. The minimum Gasteiger partial charge on any atom is -0.504 e. The van der Waals surface area contributed by atoms with Gasteiger partial charge in [0, 0.05) is 24.8 Å². The van der Waals surface area contributed by atoms with Crippen LogP contribution in [0.15, 0.2) is 16.7 Å². The minimum absolute atomic E-state index is 0.000362. The van der Waals surface area contributed by atoms with Gasteiger partial charge in [0.1, 0.15) is 10.6 Å². The standard InChI is InChI=1S/C15H10Cl2N4O6.CH4O/c1-5-10(13(17)20(24)6(2)11(5)16)14-18-15(27-19-14)7-3-8(21(25)26)12(23)9(22)4-7;1-2/h3-4H,1-2H3,(H2-,18,19,22,23,24);2H,1H3/p+1. The minimum atomic E-state index is -0.881. The van der Waals surface area contributed by atoms with E-state index in [0.717, 1.165) is 19.2 Å². The number of benzene rings is 1. The van der Waals surface area contributed by atoms with Gasteiger partial charge in [0.05, 0.1) is 10.5 Å². The van der Waals surface area contributed by atoms with Crippen LogP contribution in [0.25, 0.3) is 22.8 Å². The van der Waals surface area contributed by atoms with Crippen molar-refractivity contribution in [3.63, 3.8) is 0 Å². The highest BCUT2D eigenvalue weighted by molar-refractivity contribution is 6.34. The largest absolute Gasteiger partial charge is 0.504 e. The fourth-order valence-electron chi connectivity index (χ4n) is 2.45. The Morgan fingerprint density at radius 3 is 2.41 bits per heavy atom. The van der Waals surface area contributed by atoms with Crippen LogP contribution in [0.2, 0.25) is 10.2 Å². The van der Waals surface area contributed by atoms with Gasteiger partial charge in [-0.1, -0.05) is 16.8 Å². The Hall–Kier alpha value is -3.15. The maximum Gasteiger partial charge on any atom is 0.336 e. The number of aromatic hydroxyl groups is 2. The van der Waals surface area contributed by atoms with E-state index in [1.54, 1.807) is 13.8 Å². The number of aromatic nitrogens is 3. The molecule has 0 atom stereocenters. The van der Waals surface area contributed by atoms with Crippen molar-refractivity contribution >= 4 is 28.9 Å². The molecule has 4 N–H and O–H groups in total. The number of hydrogen-bond donors (Lipinski definition) is 4. The van der Waals surface area contributed by atoms with E-state index in [2.05, 4.69) is 10.1 Å². The zero-order chi connectivity index (χ0) is 22.0. The third-order valence-corrected chi connectivity index (χ3v) is 4.80. The number of aliphatic hydroxyl groups is 1. The van der Waals surface area contributed by atoms with Gasteiger partial charge in [-0.3, -0.25) is 15.3 Å². The quantitative estimate of drug-likeness (QED) is 0.118. The van der Waals surface area contributed by atoms with Gasteiger partial charge in [-0.05, 0) is 30.2 Å². The highest BCUT2D eigenvalue weighted by atomic mass is 35.5. The van der Waals surface area contributed by atoms with E-state index >= 15 is 0 Å². The van der Waals surface area contributed by atoms with Crippen LogP contribution in [-0.4, -0.2) is 42.7 Å². The number of hydrogen-bond acceptors (Lipinski definition) is 9. The van der Waals surface area contributed by atoms with E-state index < -0.39 is 22.1 Å². The molecule has 0 aliphatic rings. The number of phenolic OH excluding ortho intramolecular Hbond substituents is 2. The van der Waals surface area contributed by atoms with Gasteiger partial charge in [-0.25, -0.2) is 0 Å². The number of pyridine rings is 1. The number of rotatable bonds is 3. The predicted molar refractivity (Wildman–Crippen MR) is 100 cm³/mol. The van der Waals surface area contributed by atoms with Crippen LogP contribution in [0, 0.1) is 24.0 Å². The monoisotopic (exact) mass is 445 g/mol. The van der Waals surface area contributed by atoms with E-state index in [0.29, 0.717) is 16.0 Å². The molecule has 0 radical (unpaired) electrons. The van der Waals surface area contributed by atoms with Crippen molar-refractivity contribution in [1.29, 1.82) is 0 Å². The van der Waals surface area contributed by atoms with Crippen LogP contribution < -0.4 is 4.73 Å². The molecule has 0 saturated carbocycles. The van der Waals surface area contributed by atoms with Crippen molar-refractivity contribution in [2.45, 2.75) is 13.8 Å². The second kappa shape index (κ2) is 8.47. The molecule has 0 aliphatic heterocycles. The maximum atomic E-state index is 11.0. The summed E-state index contributed by atoms with van der Waals surface area (Å²) in [6, 6.07) is 2.00. The predicted octanol–water partition coefficient (Wildman–Crippen LogP) is 2.78. The Bertz CT molecular complexity index is 1070. The van der Waals surface area contributed by atoms with Gasteiger partial charge >= 0.3 is 10.8 Å². The summed E-state index contributed by atoms with van der Waals surface area (Å²) in [7, 11) is 1.00. The normalized spacial score (nSPS) is 10.4. The van der Waals surface area contributed by atoms with Gasteiger partial charge in [-0.15, -0.1) is 0 Å². The zero-order valence-electron chi connectivity index (χ0n) is 15.2. The smallest absolute Gasteiger partial charge is 0.336 e. The second-order valence-electron chi connectivity index (χ2n) is 5.55. The van der Waals surface area contributed by atoms with E-state index in [-0.39, 0.29) is 33.0 Å². The summed E-state index contributed by atoms with van der Waals surface area (Å²) >= 11 is 12.3. The summed E-state index contributed by atoms with van der Waals surface area (Å²) in [5.74, 6) is -1.82. The van der Waals surface area contributed by atoms with Crippen LogP contribution in [0.4, 0.5) is 5.69 Å². The van der Waals surface area contributed by atoms with Gasteiger partial charge in [0.2, 0.25) is 11.6 Å². The summed E-state index contributed by atoms with van der Waals surface area (Å²) in [6.07, 6.45) is 0. The van der Waals surface area contributed by atoms with Crippen molar-refractivity contribution in [2.75, 3.05) is 7.11 Å². The number of halogens is 2. The van der Waals surface area contributed by atoms with Crippen LogP contribution in [0.5, 0.6) is 11.5 Å². The number of nitro groups is 1. The van der Waals surface area contributed by atoms with Crippen molar-refractivity contribution in [3.05, 3.63) is 43.7 Å². The van der Waals surface area contributed by atoms with Crippen molar-refractivity contribution in [3.8, 4) is 34.3 Å². The van der Waals surface area contributed by atoms with E-state index in [9.17, 15) is 25.5 Å². The topological polar surface area (TPSA) is 167 Å². The number of aliphatic hydroxyl groups excluding tert-OH is 1. The van der Waals surface area contributed by atoms with Crippen LogP contribution >= 0.6 is 23.2 Å². The van der Waals surface area contributed by atoms with E-state index in [1.165, 1.54) is 0 Å². The Morgan fingerprint density at radius 2 is 1.83 bits per heavy atom. The van der Waals surface area contributed by atoms with Gasteiger partial charge < -0.3 is 19.8 Å². The van der Waals surface area contributed by atoms with Gasteiger partial charge in [-0.2, -0.15) is 4.98 Å². The van der Waals surface area contributed by atoms with Gasteiger partial charge in [0.15, 0.2) is 5.75 Å². The average Bonchev–Trinajstić information content (AvgIpc) is 3.18. The molecule has 3 aromatic rings. The second-order valence-corrected chi connectivity index (χ2v) is 6.28. The average molecular weight is 446 g/mol. The first-order chi connectivity index (χ1) is 13.6. The molecule has 0 aliphatic carbocycles. The Kier molecular flexibility index (Phi) is 6.47. The lowest BCUT2D eigenvalue weighted by Crippen LogP contribution is -2.36. The van der Waals surface area contributed by atoms with Crippen LogP contribution in [-0.2, 0) is 0 Å². The molecule has 0 unspecified atom stereocenters. The zero-order valence-corrected chi connectivity index (χ0v) is 16.7. The molecule has 0 fully saturated rings. The first kappa shape index (κ1) is 22.1. The molecule has 2 heterocycles. The van der Waals surface area contributed by atoms with E-state index in [1.807, 2.05) is 0 Å². The Balaban J connectivity index is 0.00000145. The molecule has 0 amide bonds. The highest BCUT2D eigenvalue weighted by Crippen LogP contribution is 2.40. The van der Waals surface area contributed by atoms with Crippen molar-refractivity contribution in [2.24, 2.45) is 0 Å². The third kappa shape index (κ3) is 3.88. The molecular weight excluding hydrogens is 431 g/mol. The summed E-state index contributed by atoms with van der Waals surface area (Å²) in [5, 5.41) is 51.1. The lowest BCUT2D eigenvalue weighted by atomic mass is 10.1. The summed E-state index contributed by atoms with van der Waals surface area (Å²) in [6.45, 7) is 3.20. The molecule has 2 aromatic heterocycles. The number of nitro benzene ring substituents is 1. The molecule has 3 rings (SSSR count). The molecule has 0 spiro atoms. The molecule has 1 aromatic carbocycles. The Morgan fingerprint density at radius 1 is 1.21 bits per heavy atom. The van der Waals surface area contributed by atoms with Crippen molar-refractivity contribution in [1.82, 2.24) is 10.1 Å². The first-order valence-corrected chi connectivity index (χ1v) is 8.48. The molecule has 154 valence electrons. The maximum absolute atomic E-state index is 11.0. The van der Waals surface area contributed by atoms with E-state index in [4.69, 9.17) is 32.8 Å². The summed E-state index contributed by atoms with van der Waals surface area (Å²) in [5.41, 5.74) is 0.259. The lowest BCUT2D eigenvalue weighted by molar-refractivity contribution is -0.906. The number of phenols is 2. The molecule has 11 nitrogen and oxygen atoms in total. The molecule has 29 heavy (non-hydrogen) atoms. The third-order valence-electron chi connectivity index (χ3n) is 3.89. The molecule has 0 bridgehead atoms. The summed E-state index contributed by atoms with van der Waals surface area (Å²) in [4.78, 5) is 14.2. The fourth-order valence-corrected chi connectivity index (χ4v) is 2.98. The summed E-state index contributed by atoms with van der Waals surface area (Å²) < 4.78 is 5.75. The molecular formula is C16H15Cl2N4O7+. The Labute approximate surface area is 173 Å². The van der Waals surface area contributed by atoms with Crippen LogP contribution in [0.1, 0.15) is 11.3 Å².